The molecule has 1 aliphatic heterocycles. The van der Waals surface area contributed by atoms with Gasteiger partial charge in [0.1, 0.15) is 11.2 Å². The normalized spacial score (nSPS) is 17.1. The quantitative estimate of drug-likeness (QED) is 0.552. The second-order valence-corrected chi connectivity index (χ2v) is 9.23. The Labute approximate surface area is 205 Å². The van der Waals surface area contributed by atoms with E-state index in [0.29, 0.717) is 13.1 Å². The summed E-state index contributed by atoms with van der Waals surface area (Å²) >= 11 is 0. The summed E-state index contributed by atoms with van der Waals surface area (Å²) in [5.74, 6) is -1.00. The summed E-state index contributed by atoms with van der Waals surface area (Å²) < 4.78 is 1.46. The number of fused-ring (bicyclic) bond motifs is 1. The number of aromatic nitrogens is 2. The molecular weight excluding hydrogens is 442 g/mol. The highest BCUT2D eigenvalue weighted by atomic mass is 16.2. The van der Waals surface area contributed by atoms with Crippen molar-refractivity contribution in [2.24, 2.45) is 0 Å². The third-order valence-corrected chi connectivity index (χ3v) is 6.68. The molecule has 0 bridgehead atoms. The van der Waals surface area contributed by atoms with Crippen molar-refractivity contribution in [3.05, 3.63) is 88.2 Å². The number of benzene rings is 2. The topological polar surface area (TPSA) is 96.3 Å². The maximum Gasteiger partial charge on any atom is 0.272 e. The van der Waals surface area contributed by atoms with Gasteiger partial charge < -0.3 is 15.5 Å². The predicted molar refractivity (Wildman–Crippen MR) is 133 cm³/mol. The van der Waals surface area contributed by atoms with E-state index in [4.69, 9.17) is 0 Å². The number of hydrogen-bond donors (Lipinski definition) is 2. The van der Waals surface area contributed by atoms with Crippen molar-refractivity contribution < 1.29 is 14.4 Å². The van der Waals surface area contributed by atoms with Crippen LogP contribution in [0.15, 0.2) is 54.6 Å². The zero-order valence-corrected chi connectivity index (χ0v) is 20.6. The van der Waals surface area contributed by atoms with Crippen LogP contribution in [0.5, 0.6) is 0 Å². The van der Waals surface area contributed by atoms with Gasteiger partial charge >= 0.3 is 0 Å². The van der Waals surface area contributed by atoms with E-state index in [1.54, 1.807) is 14.0 Å². The zero-order chi connectivity index (χ0) is 25.2. The molecule has 0 saturated heterocycles. The molecule has 1 aliphatic rings. The lowest BCUT2D eigenvalue weighted by atomic mass is 9.95. The predicted octanol–water partition coefficient (Wildman–Crippen LogP) is 2.84. The van der Waals surface area contributed by atoms with Crippen LogP contribution in [0, 0.1) is 6.92 Å². The van der Waals surface area contributed by atoms with Gasteiger partial charge in [-0.15, -0.1) is 0 Å². The lowest BCUT2D eigenvalue weighted by Gasteiger charge is -2.40. The van der Waals surface area contributed by atoms with E-state index < -0.39 is 5.54 Å². The van der Waals surface area contributed by atoms with Crippen LogP contribution in [0.4, 0.5) is 0 Å². The largest absolute Gasteiger partial charge is 0.350 e. The fourth-order valence-corrected chi connectivity index (χ4v) is 4.08. The number of hydrogen-bond acceptors (Lipinski definition) is 4. The molecule has 182 valence electrons. The van der Waals surface area contributed by atoms with Crippen LogP contribution in [-0.2, 0) is 30.8 Å². The van der Waals surface area contributed by atoms with Crippen LogP contribution in [0.3, 0.4) is 0 Å². The van der Waals surface area contributed by atoms with Gasteiger partial charge in [-0.05, 0) is 37.0 Å². The molecule has 1 aromatic heterocycles. The SMILES string of the molecule is CCc1ccc(CNC(=O)c2cc3n(n2)C[C@@](C)(C(=O)NCc2ccc(C)cc2)N(C)C3=O)cc1. The van der Waals surface area contributed by atoms with Gasteiger partial charge in [0.05, 0.1) is 6.54 Å². The van der Waals surface area contributed by atoms with Gasteiger partial charge in [0, 0.05) is 26.2 Å². The molecule has 0 saturated carbocycles. The molecule has 0 aliphatic carbocycles. The number of amides is 3. The van der Waals surface area contributed by atoms with Gasteiger partial charge in [-0.2, -0.15) is 5.10 Å². The number of nitrogens with one attached hydrogen (secondary N) is 2. The molecule has 35 heavy (non-hydrogen) atoms. The van der Waals surface area contributed by atoms with Crippen molar-refractivity contribution in [1.82, 2.24) is 25.3 Å². The van der Waals surface area contributed by atoms with Gasteiger partial charge in [0.2, 0.25) is 5.91 Å². The van der Waals surface area contributed by atoms with Gasteiger partial charge in [-0.25, -0.2) is 0 Å². The average molecular weight is 474 g/mol. The smallest absolute Gasteiger partial charge is 0.272 e. The second-order valence-electron chi connectivity index (χ2n) is 9.23. The lowest BCUT2D eigenvalue weighted by molar-refractivity contribution is -0.132. The molecule has 8 nitrogen and oxygen atoms in total. The van der Waals surface area contributed by atoms with E-state index in [1.165, 1.54) is 21.2 Å². The first-order valence-corrected chi connectivity index (χ1v) is 11.8. The Kier molecular flexibility index (Phi) is 6.73. The van der Waals surface area contributed by atoms with Crippen molar-refractivity contribution in [3.63, 3.8) is 0 Å². The molecule has 2 aromatic carbocycles. The lowest BCUT2D eigenvalue weighted by Crippen LogP contribution is -2.62. The van der Waals surface area contributed by atoms with Gasteiger partial charge in [0.25, 0.3) is 11.8 Å². The molecule has 0 radical (unpaired) electrons. The summed E-state index contributed by atoms with van der Waals surface area (Å²) in [4.78, 5) is 40.4. The van der Waals surface area contributed by atoms with Crippen LogP contribution in [-0.4, -0.2) is 45.0 Å². The van der Waals surface area contributed by atoms with Gasteiger partial charge in [0.15, 0.2) is 5.69 Å². The summed E-state index contributed by atoms with van der Waals surface area (Å²) in [6, 6.07) is 17.4. The Morgan fingerprint density at radius 2 is 1.54 bits per heavy atom. The summed E-state index contributed by atoms with van der Waals surface area (Å²) in [6.45, 7) is 6.67. The van der Waals surface area contributed by atoms with Crippen molar-refractivity contribution in [1.29, 1.82) is 0 Å². The van der Waals surface area contributed by atoms with Crippen LogP contribution < -0.4 is 10.6 Å². The number of nitrogens with zero attached hydrogens (tertiary/aromatic N) is 3. The van der Waals surface area contributed by atoms with E-state index >= 15 is 0 Å². The summed E-state index contributed by atoms with van der Waals surface area (Å²) in [7, 11) is 1.60. The summed E-state index contributed by atoms with van der Waals surface area (Å²) in [5, 5.41) is 10.1. The van der Waals surface area contributed by atoms with Crippen molar-refractivity contribution in [3.8, 4) is 0 Å². The minimum Gasteiger partial charge on any atom is -0.350 e. The van der Waals surface area contributed by atoms with Crippen molar-refractivity contribution >= 4 is 17.7 Å². The maximum absolute atomic E-state index is 13.1. The first kappa shape index (κ1) is 24.2. The van der Waals surface area contributed by atoms with Crippen LogP contribution in [0.1, 0.15) is 57.1 Å². The standard InChI is InChI=1S/C27H31N5O3/c1-5-19-10-12-21(13-11-19)15-28-24(33)22-14-23-25(34)31(4)27(3,17-32(23)30-22)26(35)29-16-20-8-6-18(2)7-9-20/h6-14H,5,15-17H2,1-4H3,(H,28,33)(H,29,35)/t27-/m0/s1. The average Bonchev–Trinajstić information content (AvgIpc) is 3.29. The number of aryl methyl sites for hydroxylation is 2. The highest BCUT2D eigenvalue weighted by molar-refractivity contribution is 6.01. The van der Waals surface area contributed by atoms with Gasteiger partial charge in [-0.1, -0.05) is 61.0 Å². The Hall–Kier alpha value is -3.94. The van der Waals surface area contributed by atoms with Crippen LogP contribution in [0.25, 0.3) is 0 Å². The van der Waals surface area contributed by atoms with Gasteiger partial charge in [-0.3, -0.25) is 19.1 Å². The second kappa shape index (κ2) is 9.74. The molecule has 3 amide bonds. The molecule has 1 atom stereocenters. The van der Waals surface area contributed by atoms with Crippen molar-refractivity contribution in [2.75, 3.05) is 7.05 Å². The molecule has 2 N–H and O–H groups in total. The van der Waals surface area contributed by atoms with Crippen LogP contribution in [0.2, 0.25) is 0 Å². The van der Waals surface area contributed by atoms with E-state index in [9.17, 15) is 14.4 Å². The monoisotopic (exact) mass is 473 g/mol. The fourth-order valence-electron chi connectivity index (χ4n) is 4.08. The highest BCUT2D eigenvalue weighted by Crippen LogP contribution is 2.26. The first-order chi connectivity index (χ1) is 16.7. The highest BCUT2D eigenvalue weighted by Gasteiger charge is 2.46. The third kappa shape index (κ3) is 4.96. The Balaban J connectivity index is 1.44. The summed E-state index contributed by atoms with van der Waals surface area (Å²) in [6.07, 6.45) is 0.957. The molecule has 3 aromatic rings. The Morgan fingerprint density at radius 1 is 0.971 bits per heavy atom. The molecule has 0 fully saturated rings. The molecule has 4 rings (SSSR count). The van der Waals surface area contributed by atoms with Crippen molar-refractivity contribution in [2.45, 2.75) is 52.4 Å². The van der Waals surface area contributed by atoms with Crippen LogP contribution >= 0.6 is 0 Å². The van der Waals surface area contributed by atoms with E-state index in [1.807, 2.05) is 55.5 Å². The minimum absolute atomic E-state index is 0.149. The number of carbonyl (C=O) groups excluding carboxylic acids is 3. The number of likely N-dealkylation sites (N-methyl/N-ethyl adjacent to an activating group) is 1. The molecule has 2 heterocycles. The number of rotatable bonds is 7. The number of carbonyl (C=O) groups is 3. The minimum atomic E-state index is -1.14. The van der Waals surface area contributed by atoms with E-state index in [-0.39, 0.29) is 35.7 Å². The Morgan fingerprint density at radius 3 is 2.17 bits per heavy atom. The molecule has 0 unspecified atom stereocenters. The molecular formula is C27H31N5O3. The third-order valence-electron chi connectivity index (χ3n) is 6.68. The Bertz CT molecular complexity index is 1250. The van der Waals surface area contributed by atoms with E-state index in [2.05, 4.69) is 22.7 Å². The molecule has 0 spiro atoms. The zero-order valence-electron chi connectivity index (χ0n) is 20.6. The summed E-state index contributed by atoms with van der Waals surface area (Å²) in [5.41, 5.74) is 3.62. The molecule has 8 heteroatoms. The maximum atomic E-state index is 13.1. The first-order valence-electron chi connectivity index (χ1n) is 11.8. The van der Waals surface area contributed by atoms with E-state index in [0.717, 1.165) is 23.1 Å². The fraction of sp³-hybridized carbons (Fsp3) is 0.333.